The van der Waals surface area contributed by atoms with Crippen molar-refractivity contribution in [1.29, 1.82) is 0 Å². The molecule has 11 nitrogen and oxygen atoms in total. The summed E-state index contributed by atoms with van der Waals surface area (Å²) < 4.78 is 30.1. The van der Waals surface area contributed by atoms with Crippen LogP contribution < -0.4 is 25.0 Å². The van der Waals surface area contributed by atoms with Crippen molar-refractivity contribution in [2.75, 3.05) is 16.8 Å². The Morgan fingerprint density at radius 3 is 2.41 bits per heavy atom. The minimum absolute atomic E-state index is 0.0499. The summed E-state index contributed by atoms with van der Waals surface area (Å²) in [5, 5.41) is 8.97. The highest BCUT2D eigenvalue weighted by Crippen LogP contribution is 2.69. The first-order valence-electron chi connectivity index (χ1n) is 15.3. The number of amides is 3. The van der Waals surface area contributed by atoms with Gasteiger partial charge in [-0.3, -0.25) is 24.1 Å². The fraction of sp³-hybridized carbons (Fsp3) is 0.273. The predicted molar refractivity (Wildman–Crippen MR) is 189 cm³/mol. The van der Waals surface area contributed by atoms with Crippen molar-refractivity contribution in [1.82, 2.24) is 4.98 Å². The molecule has 4 N–H and O–H groups in total. The zero-order chi connectivity index (χ0) is 34.4. The molecule has 0 spiro atoms. The van der Waals surface area contributed by atoms with Gasteiger partial charge in [0.05, 0.1) is 27.4 Å². The number of carbonyl (C=O) groups excluding carboxylic acids is 3. The van der Waals surface area contributed by atoms with E-state index in [1.165, 1.54) is 29.2 Å². The summed E-state index contributed by atoms with van der Waals surface area (Å²) in [5.74, 6) is -2.09. The lowest BCUT2D eigenvalue weighted by Crippen LogP contribution is -2.42. The summed E-state index contributed by atoms with van der Waals surface area (Å²) in [5.41, 5.74) is 1.60. The number of anilines is 2. The number of thioether (sulfide) groups is 1. The molecule has 4 aliphatic rings. The fourth-order valence-corrected chi connectivity index (χ4v) is 12.0. The van der Waals surface area contributed by atoms with Crippen molar-refractivity contribution >= 4 is 89.7 Å². The molecule has 16 heteroatoms. The Hall–Kier alpha value is -3.47. The summed E-state index contributed by atoms with van der Waals surface area (Å²) in [6.45, 7) is -0.372. The molecule has 4 aromatic rings. The monoisotopic (exact) mass is 800 g/mol. The van der Waals surface area contributed by atoms with Crippen LogP contribution in [0.2, 0.25) is 5.02 Å². The van der Waals surface area contributed by atoms with Gasteiger partial charge in [-0.1, -0.05) is 38.9 Å². The largest absolute Gasteiger partial charge is 0.483 e. The van der Waals surface area contributed by atoms with Crippen LogP contribution in [0.5, 0.6) is 5.75 Å². The lowest BCUT2D eigenvalue weighted by Gasteiger charge is -2.43. The lowest BCUT2D eigenvalue weighted by atomic mass is 9.68. The van der Waals surface area contributed by atoms with E-state index < -0.39 is 27.8 Å². The molecule has 3 amide bonds. The van der Waals surface area contributed by atoms with Gasteiger partial charge in [0, 0.05) is 36.8 Å². The van der Waals surface area contributed by atoms with Gasteiger partial charge in [0.25, 0.3) is 5.91 Å². The summed E-state index contributed by atoms with van der Waals surface area (Å²) in [6.07, 6.45) is 0.711. The van der Waals surface area contributed by atoms with E-state index in [0.29, 0.717) is 34.1 Å². The predicted octanol–water partition coefficient (Wildman–Crippen LogP) is 5.20. The number of nitrogens with one attached hydrogen (secondary N) is 2. The van der Waals surface area contributed by atoms with Crippen LogP contribution >= 0.6 is 50.6 Å². The number of carbonyl (C=O) groups is 3. The average Bonchev–Trinajstić information content (AvgIpc) is 3.79. The van der Waals surface area contributed by atoms with E-state index in [9.17, 15) is 27.6 Å². The summed E-state index contributed by atoms with van der Waals surface area (Å²) in [4.78, 5) is 58.5. The Morgan fingerprint density at radius 1 is 1.02 bits per heavy atom. The van der Waals surface area contributed by atoms with Gasteiger partial charge in [-0.2, -0.15) is 0 Å². The van der Waals surface area contributed by atoms with E-state index in [1.807, 2.05) is 12.1 Å². The molecule has 1 aromatic heterocycles. The van der Waals surface area contributed by atoms with Crippen LogP contribution in [0.15, 0.2) is 85.9 Å². The number of nitrogens with zero attached hydrogens (tertiary/aromatic N) is 1. The number of aromatic nitrogens is 1. The summed E-state index contributed by atoms with van der Waals surface area (Å²) in [7, 11) is -3.88. The quantitative estimate of drug-likeness (QED) is 0.215. The third-order valence-corrected chi connectivity index (χ3v) is 14.2. The smallest absolute Gasteiger partial charge is 0.305 e. The lowest BCUT2D eigenvalue weighted by molar-refractivity contribution is -0.123. The van der Waals surface area contributed by atoms with Crippen molar-refractivity contribution in [2.45, 2.75) is 27.5 Å². The van der Waals surface area contributed by atoms with Gasteiger partial charge in [0.2, 0.25) is 21.8 Å². The maximum absolute atomic E-state index is 14.1. The number of hydrogen-bond acceptors (Lipinski definition) is 9. The molecular formula is C33H26BrClN4O7S3. The molecule has 3 fully saturated rings. The van der Waals surface area contributed by atoms with Crippen molar-refractivity contribution < 1.29 is 27.5 Å². The molecule has 0 radical (unpaired) electrons. The van der Waals surface area contributed by atoms with E-state index in [4.69, 9.17) is 21.5 Å². The summed E-state index contributed by atoms with van der Waals surface area (Å²) >= 11 is 12.7. The van der Waals surface area contributed by atoms with Crippen LogP contribution in [0.25, 0.3) is 0 Å². The highest BCUT2D eigenvalue weighted by Gasteiger charge is 2.69. The maximum Gasteiger partial charge on any atom is 0.305 e. The van der Waals surface area contributed by atoms with Gasteiger partial charge in [-0.15, -0.1) is 11.8 Å². The molecule has 49 heavy (non-hydrogen) atoms. The number of halogens is 2. The van der Waals surface area contributed by atoms with Gasteiger partial charge in [0.15, 0.2) is 6.61 Å². The number of imide groups is 1. The molecule has 7 atom stereocenters. The molecule has 2 aliphatic carbocycles. The molecule has 2 saturated carbocycles. The first-order chi connectivity index (χ1) is 23.4. The van der Waals surface area contributed by atoms with Crippen molar-refractivity contribution in [3.8, 4) is 5.75 Å². The minimum Gasteiger partial charge on any atom is -0.483 e. The van der Waals surface area contributed by atoms with E-state index in [0.717, 1.165) is 25.7 Å². The van der Waals surface area contributed by atoms with Crippen molar-refractivity contribution in [3.63, 3.8) is 0 Å². The number of H-pyrrole nitrogens is 1. The number of fused-ring (bicyclic) bond motifs is 9. The molecular weight excluding hydrogens is 776 g/mol. The maximum atomic E-state index is 14.1. The fourth-order valence-electron chi connectivity index (χ4n) is 8.17. The molecule has 3 aromatic carbocycles. The number of benzene rings is 3. The molecule has 2 bridgehead atoms. The van der Waals surface area contributed by atoms with Crippen LogP contribution in [0.1, 0.15) is 22.8 Å². The Morgan fingerprint density at radius 2 is 1.71 bits per heavy atom. The second-order valence-electron chi connectivity index (χ2n) is 12.5. The van der Waals surface area contributed by atoms with Gasteiger partial charge in [-0.05, 0) is 90.9 Å². The van der Waals surface area contributed by atoms with E-state index >= 15 is 0 Å². The third kappa shape index (κ3) is 5.54. The first-order valence-corrected chi connectivity index (χ1v) is 19.7. The highest BCUT2D eigenvalue weighted by molar-refractivity contribution is 9.10. The molecule has 252 valence electrons. The third-order valence-electron chi connectivity index (χ3n) is 9.94. The van der Waals surface area contributed by atoms with Crippen molar-refractivity contribution in [3.05, 3.63) is 96.3 Å². The van der Waals surface area contributed by atoms with Gasteiger partial charge in [0.1, 0.15) is 5.75 Å². The topological polar surface area (TPSA) is 169 Å². The number of aromatic amines is 1. The number of ether oxygens (including phenoxy) is 1. The summed E-state index contributed by atoms with van der Waals surface area (Å²) in [6, 6.07) is 17.7. The van der Waals surface area contributed by atoms with Crippen LogP contribution in [0.4, 0.5) is 11.4 Å². The number of hydrogen-bond donors (Lipinski definition) is 3. The number of rotatable bonds is 7. The number of primary sulfonamides is 1. The Bertz CT molecular complexity index is 2210. The number of thiazole rings is 1. The van der Waals surface area contributed by atoms with Crippen molar-refractivity contribution in [2.24, 2.45) is 34.7 Å². The van der Waals surface area contributed by atoms with Crippen LogP contribution in [-0.4, -0.2) is 43.0 Å². The average molecular weight is 802 g/mol. The van der Waals surface area contributed by atoms with Crippen LogP contribution in [-0.2, 0) is 24.4 Å². The Kier molecular flexibility index (Phi) is 8.07. The van der Waals surface area contributed by atoms with E-state index in [-0.39, 0.29) is 57.1 Å². The van der Waals surface area contributed by atoms with Gasteiger partial charge >= 0.3 is 4.87 Å². The zero-order valence-electron chi connectivity index (χ0n) is 25.2. The molecule has 3 heterocycles. The van der Waals surface area contributed by atoms with Crippen LogP contribution in [0.3, 0.4) is 0 Å². The first kappa shape index (κ1) is 32.7. The highest BCUT2D eigenvalue weighted by atomic mass is 79.9. The standard InChI is InChI=1S/C33H26BrClN4O7S3/c34-14-1-6-17(7-2-14)39-31(41)26-20-12-21(27(26)32(39)42)28-25(20)24(29-30(47-28)38-33(43)48-29)19-11-15(35)3-10-22(19)46-13-23(40)37-16-4-8-18(9-5-16)49(36,44)45/h1-11,20-21,24-28H,12-13H2,(H,37,40)(H,38,43)(H2,36,44,45)/t20-,21-,24-,25?,26?,27?,28?/m1/s1. The SMILES string of the molecule is NS(=O)(=O)c1ccc(NC(=O)COc2ccc(Cl)cc2[C@H]2c3sc(=O)[nH]c3SC3C2[C@H]2C[C@@H]3C3C(=O)N(c4ccc(Br)cc4)C(=O)C32)cc1. The molecule has 8 rings (SSSR count). The Labute approximate surface area is 301 Å². The van der Waals surface area contributed by atoms with Gasteiger partial charge in [-0.25, -0.2) is 13.6 Å². The molecule has 2 aliphatic heterocycles. The molecule has 4 unspecified atom stereocenters. The Balaban J connectivity index is 1.11. The number of nitrogens with two attached hydrogens (primary N) is 1. The van der Waals surface area contributed by atoms with Gasteiger partial charge < -0.3 is 15.0 Å². The second kappa shape index (κ2) is 12.1. The molecule has 1 saturated heterocycles. The normalized spacial score (nSPS) is 26.8. The van der Waals surface area contributed by atoms with Crippen LogP contribution in [0, 0.1) is 29.6 Å². The minimum atomic E-state index is -3.88. The van der Waals surface area contributed by atoms with E-state index in [2.05, 4.69) is 26.2 Å². The van der Waals surface area contributed by atoms with E-state index in [1.54, 1.807) is 42.1 Å². The number of sulfonamides is 1. The zero-order valence-corrected chi connectivity index (χ0v) is 30.0. The second-order valence-corrected chi connectivity index (χ2v) is 17.7.